The fourth-order valence-electron chi connectivity index (χ4n) is 4.42. The van der Waals surface area contributed by atoms with Crippen molar-refractivity contribution in [2.45, 2.75) is 25.3 Å². The normalized spacial score (nSPS) is 11.4. The van der Waals surface area contributed by atoms with Crippen molar-refractivity contribution in [1.82, 2.24) is 9.97 Å². The molecule has 204 valence electrons. The number of sulfonamides is 1. The zero-order valence-electron chi connectivity index (χ0n) is 22.3. The number of pyridine rings is 1. The highest BCUT2D eigenvalue weighted by Gasteiger charge is 2.26. The summed E-state index contributed by atoms with van der Waals surface area (Å²) < 4.78 is 34.7. The molecule has 2 aromatic heterocycles. The Hall–Kier alpha value is -4.28. The van der Waals surface area contributed by atoms with Crippen LogP contribution < -0.4 is 13.9 Å². The molecule has 0 aliphatic rings. The van der Waals surface area contributed by atoms with Crippen LogP contribution in [0.25, 0.3) is 10.2 Å². The van der Waals surface area contributed by atoms with E-state index in [1.165, 1.54) is 27.8 Å². The Labute approximate surface area is 237 Å². The molecule has 0 unspecified atom stereocenters. The van der Waals surface area contributed by atoms with E-state index >= 15 is 0 Å². The van der Waals surface area contributed by atoms with E-state index in [4.69, 9.17) is 9.72 Å². The van der Waals surface area contributed by atoms with Gasteiger partial charge in [-0.15, -0.1) is 0 Å². The maximum absolute atomic E-state index is 13.9. The number of hydrogen-bond acceptors (Lipinski definition) is 7. The van der Waals surface area contributed by atoms with Crippen LogP contribution in [-0.4, -0.2) is 37.9 Å². The molecule has 5 rings (SSSR count). The predicted octanol–water partition coefficient (Wildman–Crippen LogP) is 6.07. The van der Waals surface area contributed by atoms with E-state index < -0.39 is 10.0 Å². The monoisotopic (exact) mass is 572 g/mol. The average molecular weight is 573 g/mol. The lowest BCUT2D eigenvalue weighted by Gasteiger charge is -2.23. The first-order valence-corrected chi connectivity index (χ1v) is 14.9. The van der Waals surface area contributed by atoms with E-state index in [-0.39, 0.29) is 23.9 Å². The Morgan fingerprint density at radius 2 is 1.73 bits per heavy atom. The average Bonchev–Trinajstić information content (AvgIpc) is 3.43. The quantitative estimate of drug-likeness (QED) is 0.213. The third-order valence-electron chi connectivity index (χ3n) is 6.47. The van der Waals surface area contributed by atoms with Gasteiger partial charge in [-0.1, -0.05) is 41.7 Å². The number of rotatable bonds is 9. The second kappa shape index (κ2) is 11.4. The molecule has 5 aromatic rings. The zero-order valence-corrected chi connectivity index (χ0v) is 23.9. The largest absolute Gasteiger partial charge is 0.494 e. The summed E-state index contributed by atoms with van der Waals surface area (Å²) in [4.78, 5) is 24.6. The van der Waals surface area contributed by atoms with Crippen LogP contribution >= 0.6 is 11.3 Å². The van der Waals surface area contributed by atoms with E-state index in [0.29, 0.717) is 27.6 Å². The first kappa shape index (κ1) is 27.3. The smallest absolute Gasteiger partial charge is 0.264 e. The molecule has 0 bridgehead atoms. The van der Waals surface area contributed by atoms with Gasteiger partial charge in [-0.2, -0.15) is 0 Å². The van der Waals surface area contributed by atoms with Crippen molar-refractivity contribution in [2.24, 2.45) is 0 Å². The van der Waals surface area contributed by atoms with Crippen molar-refractivity contribution in [3.8, 4) is 5.75 Å². The number of amides is 1. The summed E-state index contributed by atoms with van der Waals surface area (Å²) in [6.07, 6.45) is 3.38. The van der Waals surface area contributed by atoms with E-state index in [1.807, 2.05) is 37.3 Å². The van der Waals surface area contributed by atoms with Gasteiger partial charge in [0.1, 0.15) is 11.3 Å². The number of hydrogen-bond donors (Lipinski definition) is 0. The highest BCUT2D eigenvalue weighted by Crippen LogP contribution is 2.37. The number of ether oxygens (including phenoxy) is 1. The van der Waals surface area contributed by atoms with Gasteiger partial charge in [0.05, 0.1) is 28.9 Å². The van der Waals surface area contributed by atoms with Gasteiger partial charge in [0.2, 0.25) is 0 Å². The molecule has 0 aliphatic carbocycles. The van der Waals surface area contributed by atoms with Crippen molar-refractivity contribution in [1.29, 1.82) is 0 Å². The minimum Gasteiger partial charge on any atom is -0.494 e. The first-order chi connectivity index (χ1) is 19.3. The van der Waals surface area contributed by atoms with Crippen LogP contribution in [0.3, 0.4) is 0 Å². The maximum atomic E-state index is 13.9. The van der Waals surface area contributed by atoms with E-state index in [0.717, 1.165) is 15.8 Å². The lowest BCUT2D eigenvalue weighted by atomic mass is 10.2. The van der Waals surface area contributed by atoms with E-state index in [9.17, 15) is 13.2 Å². The summed E-state index contributed by atoms with van der Waals surface area (Å²) in [5.41, 5.74) is 3.47. The van der Waals surface area contributed by atoms with Crippen molar-refractivity contribution < 1.29 is 17.9 Å². The Morgan fingerprint density at radius 3 is 2.38 bits per heavy atom. The Kier molecular flexibility index (Phi) is 7.81. The number of anilines is 2. The van der Waals surface area contributed by atoms with E-state index in [1.54, 1.807) is 67.7 Å². The zero-order chi connectivity index (χ0) is 28.3. The van der Waals surface area contributed by atoms with Gasteiger partial charge in [0, 0.05) is 24.5 Å². The molecule has 0 spiro atoms. The van der Waals surface area contributed by atoms with Crippen molar-refractivity contribution >= 4 is 48.3 Å². The number of carbonyl (C=O) groups excluding carboxylic acids is 1. The van der Waals surface area contributed by atoms with Crippen LogP contribution in [0.1, 0.15) is 28.4 Å². The minimum atomic E-state index is -3.82. The highest BCUT2D eigenvalue weighted by atomic mass is 32.2. The van der Waals surface area contributed by atoms with Gasteiger partial charge in [0.15, 0.2) is 5.13 Å². The van der Waals surface area contributed by atoms with Crippen LogP contribution in [0.5, 0.6) is 5.75 Å². The SMILES string of the molecule is CCN(c1ccccc1)S(=O)(=O)c1ccc(C(=O)N(Cc2cccnc2)c2nc3c(OC)ccc(C)c3s2)cc1. The molecule has 0 saturated carbocycles. The van der Waals surface area contributed by atoms with Gasteiger partial charge in [-0.25, -0.2) is 13.4 Å². The molecule has 0 N–H and O–H groups in total. The van der Waals surface area contributed by atoms with Crippen LogP contribution in [0.4, 0.5) is 10.8 Å². The number of carbonyl (C=O) groups is 1. The second-order valence-corrected chi connectivity index (χ2v) is 11.9. The number of thiazole rings is 1. The summed E-state index contributed by atoms with van der Waals surface area (Å²) >= 11 is 1.41. The molecule has 0 fully saturated rings. The fourth-order valence-corrected chi connectivity index (χ4v) is 6.94. The summed E-state index contributed by atoms with van der Waals surface area (Å²) in [6.45, 7) is 4.29. The molecule has 0 aliphatic heterocycles. The molecular formula is C30H28N4O4S2. The summed E-state index contributed by atoms with van der Waals surface area (Å²) in [6, 6.07) is 22.5. The summed E-state index contributed by atoms with van der Waals surface area (Å²) in [5.74, 6) is 0.323. The molecule has 40 heavy (non-hydrogen) atoms. The maximum Gasteiger partial charge on any atom is 0.264 e. The first-order valence-electron chi connectivity index (χ1n) is 12.7. The number of aryl methyl sites for hydroxylation is 1. The van der Waals surface area contributed by atoms with Crippen LogP contribution in [0.2, 0.25) is 0 Å². The topological polar surface area (TPSA) is 92.7 Å². The fraction of sp³-hybridized carbons (Fsp3) is 0.167. The highest BCUT2D eigenvalue weighted by molar-refractivity contribution is 7.92. The Balaban J connectivity index is 1.51. The molecule has 1 amide bonds. The lowest BCUT2D eigenvalue weighted by molar-refractivity contribution is 0.0985. The molecule has 0 radical (unpaired) electrons. The Bertz CT molecular complexity index is 1740. The predicted molar refractivity (Wildman–Crippen MR) is 159 cm³/mol. The van der Waals surface area contributed by atoms with Crippen molar-refractivity contribution in [3.63, 3.8) is 0 Å². The minimum absolute atomic E-state index is 0.105. The number of para-hydroxylation sites is 1. The molecule has 0 saturated heterocycles. The molecule has 0 atom stereocenters. The van der Waals surface area contributed by atoms with Gasteiger partial charge >= 0.3 is 0 Å². The molecule has 8 nitrogen and oxygen atoms in total. The number of fused-ring (bicyclic) bond motifs is 1. The molecule has 3 aromatic carbocycles. The van der Waals surface area contributed by atoms with Gasteiger partial charge in [-0.05, 0) is 73.5 Å². The second-order valence-electron chi connectivity index (χ2n) is 9.04. The van der Waals surface area contributed by atoms with Crippen LogP contribution in [0, 0.1) is 6.92 Å². The van der Waals surface area contributed by atoms with Crippen LogP contribution in [-0.2, 0) is 16.6 Å². The van der Waals surface area contributed by atoms with Crippen molar-refractivity contribution in [3.05, 3.63) is 108 Å². The van der Waals surface area contributed by atoms with Gasteiger partial charge < -0.3 is 4.74 Å². The number of benzene rings is 3. The van der Waals surface area contributed by atoms with Crippen LogP contribution in [0.15, 0.2) is 96.2 Å². The number of nitrogens with zero attached hydrogens (tertiary/aromatic N) is 4. The third-order valence-corrected chi connectivity index (χ3v) is 9.60. The van der Waals surface area contributed by atoms with Gasteiger partial charge in [-0.3, -0.25) is 19.0 Å². The molecule has 10 heteroatoms. The lowest BCUT2D eigenvalue weighted by Crippen LogP contribution is -2.31. The number of aromatic nitrogens is 2. The third kappa shape index (κ3) is 5.28. The molecule has 2 heterocycles. The van der Waals surface area contributed by atoms with Gasteiger partial charge in [0.25, 0.3) is 15.9 Å². The van der Waals surface area contributed by atoms with E-state index in [2.05, 4.69) is 4.98 Å². The molecular weight excluding hydrogens is 544 g/mol. The Morgan fingerprint density at radius 1 is 0.975 bits per heavy atom. The number of methoxy groups -OCH3 is 1. The van der Waals surface area contributed by atoms with Crippen molar-refractivity contribution in [2.75, 3.05) is 22.9 Å². The summed E-state index contributed by atoms with van der Waals surface area (Å²) in [7, 11) is -2.23. The standard InChI is InChI=1S/C30H28N4O4S2/c1-4-34(24-10-6-5-7-11-24)40(36,37)25-15-13-23(14-16-25)29(35)33(20-22-9-8-18-31-19-22)30-32-27-26(38-3)17-12-21(2)28(27)39-30/h5-19H,4,20H2,1-3H3. The summed E-state index contributed by atoms with van der Waals surface area (Å²) in [5, 5.41) is 0.509.